The lowest BCUT2D eigenvalue weighted by atomic mass is 9.80. The summed E-state index contributed by atoms with van der Waals surface area (Å²) in [6.07, 6.45) is 5.94. The monoisotopic (exact) mass is 493 g/mol. The first-order chi connectivity index (χ1) is 16.9. The van der Waals surface area contributed by atoms with Gasteiger partial charge in [0.2, 0.25) is 6.29 Å². The fourth-order valence-electron chi connectivity index (χ4n) is 4.24. The molecule has 1 atom stereocenters. The average molecular weight is 494 g/mol. The molecular formula is C25H24FN5O3S. The number of halogens is 1. The van der Waals surface area contributed by atoms with E-state index in [9.17, 15) is 4.39 Å². The molecule has 1 aliphatic heterocycles. The summed E-state index contributed by atoms with van der Waals surface area (Å²) >= 11 is 5.09. The van der Waals surface area contributed by atoms with Crippen molar-refractivity contribution in [3.8, 4) is 22.5 Å². The number of aromatic nitrogens is 3. The first kappa shape index (κ1) is 23.2. The molecule has 0 radical (unpaired) electrons. The Hall–Kier alpha value is -3.60. The van der Waals surface area contributed by atoms with Crippen LogP contribution in [-0.4, -0.2) is 33.3 Å². The molecule has 4 heterocycles. The summed E-state index contributed by atoms with van der Waals surface area (Å²) in [5.41, 5.74) is 9.28. The second kappa shape index (κ2) is 9.57. The zero-order valence-electron chi connectivity index (χ0n) is 18.9. The van der Waals surface area contributed by atoms with Crippen molar-refractivity contribution in [1.82, 2.24) is 20.3 Å². The third-order valence-corrected chi connectivity index (χ3v) is 6.14. The number of pyridine rings is 1. The van der Waals surface area contributed by atoms with Crippen LogP contribution in [0.15, 0.2) is 71.8 Å². The zero-order chi connectivity index (χ0) is 24.4. The Labute approximate surface area is 206 Å². The van der Waals surface area contributed by atoms with Gasteiger partial charge in [-0.15, -0.1) is 0 Å². The number of rotatable bonds is 6. The maximum Gasteiger partial charge on any atom is 0.217 e. The molecule has 4 N–H and O–H groups in total. The number of hydrogen-bond donors (Lipinski definition) is 3. The third-order valence-electron chi connectivity index (χ3n) is 6.02. The second-order valence-corrected chi connectivity index (χ2v) is 9.13. The number of nitrogens with two attached hydrogens (primary N) is 1. The molecule has 35 heavy (non-hydrogen) atoms. The number of furan rings is 1. The molecule has 0 amide bonds. The summed E-state index contributed by atoms with van der Waals surface area (Å²) in [6.45, 7) is 2.72. The van der Waals surface area contributed by atoms with Gasteiger partial charge in [-0.05, 0) is 54.7 Å². The van der Waals surface area contributed by atoms with Gasteiger partial charge in [-0.1, -0.05) is 6.92 Å². The van der Waals surface area contributed by atoms with Gasteiger partial charge in [-0.3, -0.25) is 4.98 Å². The van der Waals surface area contributed by atoms with Crippen LogP contribution in [0.2, 0.25) is 0 Å². The van der Waals surface area contributed by atoms with Crippen LogP contribution in [0, 0.1) is 11.2 Å². The molecule has 0 saturated carbocycles. The summed E-state index contributed by atoms with van der Waals surface area (Å²) in [6, 6.07) is 11.5. The zero-order valence-corrected chi connectivity index (χ0v) is 19.7. The predicted octanol–water partition coefficient (Wildman–Crippen LogP) is 4.50. The highest BCUT2D eigenvalue weighted by molar-refractivity contribution is 7.80. The van der Waals surface area contributed by atoms with Crippen LogP contribution in [0.25, 0.3) is 22.5 Å². The van der Waals surface area contributed by atoms with Crippen molar-refractivity contribution in [2.75, 3.05) is 13.2 Å². The van der Waals surface area contributed by atoms with Crippen molar-refractivity contribution in [3.05, 3.63) is 84.6 Å². The quantitative estimate of drug-likeness (QED) is 0.337. The number of nitrogens with one attached hydrogen (secondary N) is 2. The molecule has 5 rings (SSSR count). The van der Waals surface area contributed by atoms with E-state index in [-0.39, 0.29) is 17.0 Å². The number of thiocarbonyl (C=S) groups is 1. The smallest absolute Gasteiger partial charge is 0.217 e. The third kappa shape index (κ3) is 4.81. The largest absolute Gasteiger partial charge is 0.472 e. The molecule has 180 valence electrons. The Morgan fingerprint density at radius 1 is 1.14 bits per heavy atom. The lowest BCUT2D eigenvalue weighted by Crippen LogP contribution is -2.49. The van der Waals surface area contributed by atoms with E-state index in [1.54, 1.807) is 37.1 Å². The number of H-pyrrole nitrogens is 1. The van der Waals surface area contributed by atoms with Gasteiger partial charge in [0.25, 0.3) is 0 Å². The van der Waals surface area contributed by atoms with Gasteiger partial charge < -0.3 is 29.9 Å². The molecule has 3 aromatic heterocycles. The van der Waals surface area contributed by atoms with Crippen molar-refractivity contribution in [3.63, 3.8) is 0 Å². The van der Waals surface area contributed by atoms with Crippen LogP contribution in [0.4, 0.5) is 4.39 Å². The Bertz CT molecular complexity index is 1290. The van der Waals surface area contributed by atoms with Crippen molar-refractivity contribution in [1.29, 1.82) is 0 Å². The van der Waals surface area contributed by atoms with Gasteiger partial charge in [0.15, 0.2) is 10.9 Å². The van der Waals surface area contributed by atoms with E-state index in [2.05, 4.69) is 15.3 Å². The molecule has 4 aromatic rings. The molecule has 1 aromatic carbocycles. The van der Waals surface area contributed by atoms with E-state index in [1.165, 1.54) is 12.1 Å². The predicted molar refractivity (Wildman–Crippen MR) is 131 cm³/mol. The molecule has 1 unspecified atom stereocenters. The van der Waals surface area contributed by atoms with Crippen molar-refractivity contribution >= 4 is 17.3 Å². The maximum absolute atomic E-state index is 13.5. The minimum Gasteiger partial charge on any atom is -0.472 e. The molecule has 1 saturated heterocycles. The first-order valence-corrected chi connectivity index (χ1v) is 11.4. The van der Waals surface area contributed by atoms with Crippen molar-refractivity contribution in [2.24, 2.45) is 11.1 Å². The molecule has 0 bridgehead atoms. The van der Waals surface area contributed by atoms with Gasteiger partial charge in [-0.25, -0.2) is 9.37 Å². The van der Waals surface area contributed by atoms with E-state index in [0.29, 0.717) is 24.7 Å². The van der Waals surface area contributed by atoms with Crippen LogP contribution in [0.5, 0.6) is 0 Å². The van der Waals surface area contributed by atoms with Crippen LogP contribution in [-0.2, 0) is 9.47 Å². The Balaban J connectivity index is 1.42. The van der Waals surface area contributed by atoms with Crippen LogP contribution < -0.4 is 11.1 Å². The van der Waals surface area contributed by atoms with E-state index < -0.39 is 11.7 Å². The van der Waals surface area contributed by atoms with E-state index in [1.807, 2.05) is 25.1 Å². The fraction of sp³-hybridized carbons (Fsp3) is 0.240. The van der Waals surface area contributed by atoms with Gasteiger partial charge >= 0.3 is 0 Å². The van der Waals surface area contributed by atoms with E-state index >= 15 is 0 Å². The number of benzene rings is 1. The van der Waals surface area contributed by atoms with Gasteiger partial charge in [0.05, 0.1) is 43.2 Å². The fourth-order valence-corrected chi connectivity index (χ4v) is 4.35. The standard InChI is InChI=1S/C25H24FN5O3S/c1-25(21(31-24(27)35)17-8-11-32-12-17)13-33-23(34-14-25)22-29-19(15-2-4-18(26)5-3-15)20(30-22)16-6-9-28-10-7-16/h2-12,21,23H,13-14H2,1H3,(H,29,30)(H3,27,31,35). The Morgan fingerprint density at radius 3 is 2.49 bits per heavy atom. The lowest BCUT2D eigenvalue weighted by molar-refractivity contribution is -0.239. The Kier molecular flexibility index (Phi) is 6.33. The SMILES string of the molecule is CC1(C(NC(N)=S)c2ccoc2)COC(c2nc(-c3ccc(F)cc3)c(-c3ccncc3)[nH]2)OC1. The second-order valence-electron chi connectivity index (χ2n) is 8.69. The number of imidazole rings is 1. The van der Waals surface area contributed by atoms with Gasteiger partial charge in [0, 0.05) is 34.5 Å². The van der Waals surface area contributed by atoms with Crippen molar-refractivity contribution < 1.29 is 18.3 Å². The summed E-state index contributed by atoms with van der Waals surface area (Å²) in [5, 5.41) is 3.31. The molecular weight excluding hydrogens is 469 g/mol. The summed E-state index contributed by atoms with van der Waals surface area (Å²) in [7, 11) is 0. The summed E-state index contributed by atoms with van der Waals surface area (Å²) in [4.78, 5) is 12.2. The highest BCUT2D eigenvalue weighted by atomic mass is 32.1. The van der Waals surface area contributed by atoms with Crippen LogP contribution in [0.1, 0.15) is 30.6 Å². The maximum atomic E-state index is 13.5. The lowest BCUT2D eigenvalue weighted by Gasteiger charge is -2.42. The molecule has 0 spiro atoms. The highest BCUT2D eigenvalue weighted by Crippen LogP contribution is 2.41. The normalized spacial score (nSPS) is 20.9. The number of ether oxygens (including phenoxy) is 2. The molecule has 0 aliphatic carbocycles. The number of aromatic amines is 1. The molecule has 1 aliphatic rings. The van der Waals surface area contributed by atoms with Crippen LogP contribution >= 0.6 is 12.2 Å². The number of hydrogen-bond acceptors (Lipinski definition) is 6. The Morgan fingerprint density at radius 2 is 1.86 bits per heavy atom. The molecule has 8 nitrogen and oxygen atoms in total. The molecule has 10 heteroatoms. The van der Waals surface area contributed by atoms with Crippen LogP contribution in [0.3, 0.4) is 0 Å². The minimum absolute atomic E-state index is 0.177. The minimum atomic E-state index is -0.715. The summed E-state index contributed by atoms with van der Waals surface area (Å²) < 4.78 is 31.1. The topological polar surface area (TPSA) is 111 Å². The first-order valence-electron chi connectivity index (χ1n) is 11.0. The average Bonchev–Trinajstić information content (AvgIpc) is 3.55. The van der Waals surface area contributed by atoms with Gasteiger partial charge in [-0.2, -0.15) is 0 Å². The van der Waals surface area contributed by atoms with Crippen molar-refractivity contribution in [2.45, 2.75) is 19.3 Å². The summed E-state index contributed by atoms with van der Waals surface area (Å²) in [5.74, 6) is 0.200. The molecule has 1 fully saturated rings. The van der Waals surface area contributed by atoms with E-state index in [0.717, 1.165) is 22.4 Å². The highest BCUT2D eigenvalue weighted by Gasteiger charge is 2.42. The number of nitrogens with zero attached hydrogens (tertiary/aromatic N) is 2. The van der Waals surface area contributed by atoms with Gasteiger partial charge in [0.1, 0.15) is 5.82 Å². The van der Waals surface area contributed by atoms with E-state index in [4.69, 9.17) is 36.8 Å².